The number of benzene rings is 2. The van der Waals surface area contributed by atoms with Gasteiger partial charge in [0.1, 0.15) is 5.92 Å². The van der Waals surface area contributed by atoms with Crippen LogP contribution in [0.15, 0.2) is 66.7 Å². The number of hydrogen-bond acceptors (Lipinski definition) is 1. The van der Waals surface area contributed by atoms with Gasteiger partial charge in [-0.25, -0.2) is 0 Å². The SMILES string of the molecule is O=C(O)[C@@H](/C=C/c1ccccc1)c1ccccc1. The van der Waals surface area contributed by atoms with Crippen LogP contribution in [0.25, 0.3) is 6.08 Å². The summed E-state index contributed by atoms with van der Waals surface area (Å²) in [7, 11) is 0. The third kappa shape index (κ3) is 3.08. The number of aliphatic carboxylic acids is 1. The largest absolute Gasteiger partial charge is 0.481 e. The Morgan fingerprint density at radius 3 is 2.06 bits per heavy atom. The molecule has 2 aromatic carbocycles. The van der Waals surface area contributed by atoms with Gasteiger partial charge < -0.3 is 5.11 Å². The van der Waals surface area contributed by atoms with E-state index in [0.29, 0.717) is 0 Å². The Kier molecular flexibility index (Phi) is 3.92. The summed E-state index contributed by atoms with van der Waals surface area (Å²) in [6.45, 7) is 0. The number of hydrogen-bond donors (Lipinski definition) is 1. The molecule has 0 saturated heterocycles. The zero-order valence-corrected chi connectivity index (χ0v) is 9.86. The van der Waals surface area contributed by atoms with Crippen LogP contribution >= 0.6 is 0 Å². The minimum atomic E-state index is -0.839. The molecule has 0 amide bonds. The van der Waals surface area contributed by atoms with Gasteiger partial charge in [0, 0.05) is 0 Å². The van der Waals surface area contributed by atoms with Crippen LogP contribution in [0.2, 0.25) is 0 Å². The Morgan fingerprint density at radius 1 is 0.944 bits per heavy atom. The van der Waals surface area contributed by atoms with Crippen LogP contribution in [-0.2, 0) is 4.79 Å². The topological polar surface area (TPSA) is 37.3 Å². The quantitative estimate of drug-likeness (QED) is 0.884. The first-order valence-electron chi connectivity index (χ1n) is 5.78. The molecular weight excluding hydrogens is 224 g/mol. The molecule has 2 nitrogen and oxygen atoms in total. The zero-order valence-electron chi connectivity index (χ0n) is 9.86. The maximum Gasteiger partial charge on any atom is 0.314 e. The van der Waals surface area contributed by atoms with Gasteiger partial charge in [-0.1, -0.05) is 72.8 Å². The van der Waals surface area contributed by atoms with Gasteiger partial charge in [-0.15, -0.1) is 0 Å². The molecule has 2 rings (SSSR count). The van der Waals surface area contributed by atoms with E-state index < -0.39 is 11.9 Å². The molecule has 0 aliphatic carbocycles. The van der Waals surface area contributed by atoms with Gasteiger partial charge >= 0.3 is 5.97 Å². The third-order valence-electron chi connectivity index (χ3n) is 2.71. The minimum absolute atomic E-state index is 0.605. The number of carbonyl (C=O) groups is 1. The highest BCUT2D eigenvalue weighted by molar-refractivity contribution is 5.80. The van der Waals surface area contributed by atoms with Crippen molar-refractivity contribution >= 4 is 12.0 Å². The normalized spacial score (nSPS) is 12.4. The predicted molar refractivity (Wildman–Crippen MR) is 72.3 cm³/mol. The summed E-state index contributed by atoms with van der Waals surface area (Å²) >= 11 is 0. The third-order valence-corrected chi connectivity index (χ3v) is 2.71. The van der Waals surface area contributed by atoms with Crippen LogP contribution in [0.4, 0.5) is 0 Å². The molecule has 2 heteroatoms. The van der Waals surface area contributed by atoms with E-state index >= 15 is 0 Å². The average Bonchev–Trinajstić information content (AvgIpc) is 2.41. The molecule has 90 valence electrons. The van der Waals surface area contributed by atoms with E-state index in [1.54, 1.807) is 6.08 Å². The number of carboxylic acids is 1. The second-order valence-corrected chi connectivity index (χ2v) is 4.00. The van der Waals surface area contributed by atoms with Crippen LogP contribution in [-0.4, -0.2) is 11.1 Å². The highest BCUT2D eigenvalue weighted by Crippen LogP contribution is 2.18. The minimum Gasteiger partial charge on any atom is -0.481 e. The van der Waals surface area contributed by atoms with E-state index in [-0.39, 0.29) is 0 Å². The summed E-state index contributed by atoms with van der Waals surface area (Å²) in [6, 6.07) is 18.9. The second kappa shape index (κ2) is 5.82. The van der Waals surface area contributed by atoms with Gasteiger partial charge in [-0.05, 0) is 11.1 Å². The van der Waals surface area contributed by atoms with Crippen molar-refractivity contribution in [2.75, 3.05) is 0 Å². The summed E-state index contributed by atoms with van der Waals surface area (Å²) in [6.07, 6.45) is 3.55. The molecule has 0 unspecified atom stereocenters. The lowest BCUT2D eigenvalue weighted by molar-refractivity contribution is -0.137. The van der Waals surface area contributed by atoms with Gasteiger partial charge in [-0.3, -0.25) is 4.79 Å². The Balaban J connectivity index is 2.23. The van der Waals surface area contributed by atoms with Gasteiger partial charge in [0.2, 0.25) is 0 Å². The van der Waals surface area contributed by atoms with E-state index in [1.165, 1.54) is 0 Å². The first-order valence-corrected chi connectivity index (χ1v) is 5.78. The molecule has 0 radical (unpaired) electrons. The summed E-state index contributed by atoms with van der Waals surface area (Å²) in [4.78, 5) is 11.3. The van der Waals surface area contributed by atoms with Crippen molar-refractivity contribution in [1.82, 2.24) is 0 Å². The Hall–Kier alpha value is -2.35. The number of carboxylic acid groups (broad SMARTS) is 1. The molecule has 1 atom stereocenters. The molecule has 1 N–H and O–H groups in total. The summed E-state index contributed by atoms with van der Waals surface area (Å²) < 4.78 is 0. The molecule has 0 aromatic heterocycles. The standard InChI is InChI=1S/C16H14O2/c17-16(18)15(14-9-5-2-6-10-14)12-11-13-7-3-1-4-8-13/h1-12,15H,(H,17,18)/b12-11+/t15-/m0/s1. The van der Waals surface area contributed by atoms with E-state index in [4.69, 9.17) is 0 Å². The van der Waals surface area contributed by atoms with Crippen molar-refractivity contribution in [2.45, 2.75) is 5.92 Å². The van der Waals surface area contributed by atoms with Crippen molar-refractivity contribution < 1.29 is 9.90 Å². The number of rotatable bonds is 4. The highest BCUT2D eigenvalue weighted by atomic mass is 16.4. The van der Waals surface area contributed by atoms with Crippen LogP contribution in [0, 0.1) is 0 Å². The Bertz CT molecular complexity index is 530. The first kappa shape index (κ1) is 12.1. The maximum absolute atomic E-state index is 11.3. The zero-order chi connectivity index (χ0) is 12.8. The molecule has 0 bridgehead atoms. The van der Waals surface area contributed by atoms with E-state index in [1.807, 2.05) is 66.7 Å². The average molecular weight is 238 g/mol. The van der Waals surface area contributed by atoms with Gasteiger partial charge in [-0.2, -0.15) is 0 Å². The second-order valence-electron chi connectivity index (χ2n) is 4.00. The van der Waals surface area contributed by atoms with Gasteiger partial charge in [0.15, 0.2) is 0 Å². The summed E-state index contributed by atoms with van der Waals surface area (Å²) in [5.41, 5.74) is 1.79. The Labute approximate surface area is 106 Å². The fourth-order valence-corrected chi connectivity index (χ4v) is 1.77. The van der Waals surface area contributed by atoms with E-state index in [0.717, 1.165) is 11.1 Å². The summed E-state index contributed by atoms with van der Waals surface area (Å²) in [5, 5.41) is 9.25. The van der Waals surface area contributed by atoms with E-state index in [2.05, 4.69) is 0 Å². The maximum atomic E-state index is 11.3. The van der Waals surface area contributed by atoms with Crippen molar-refractivity contribution in [2.24, 2.45) is 0 Å². The van der Waals surface area contributed by atoms with Crippen molar-refractivity contribution in [1.29, 1.82) is 0 Å². The van der Waals surface area contributed by atoms with Crippen LogP contribution in [0.5, 0.6) is 0 Å². The lowest BCUT2D eigenvalue weighted by Gasteiger charge is -2.07. The predicted octanol–water partition coefficient (Wildman–Crippen LogP) is 3.57. The van der Waals surface area contributed by atoms with Crippen LogP contribution in [0.3, 0.4) is 0 Å². The Morgan fingerprint density at radius 2 is 1.50 bits per heavy atom. The smallest absolute Gasteiger partial charge is 0.314 e. The lowest BCUT2D eigenvalue weighted by Crippen LogP contribution is -2.08. The van der Waals surface area contributed by atoms with Crippen LogP contribution < -0.4 is 0 Å². The molecule has 0 saturated carbocycles. The molecule has 0 aliphatic heterocycles. The molecule has 0 aliphatic rings. The van der Waals surface area contributed by atoms with Crippen molar-refractivity contribution in [3.63, 3.8) is 0 Å². The van der Waals surface area contributed by atoms with Crippen molar-refractivity contribution in [3.8, 4) is 0 Å². The molecule has 2 aromatic rings. The molecule has 0 fully saturated rings. The fraction of sp³-hybridized carbons (Fsp3) is 0.0625. The molecule has 0 spiro atoms. The van der Waals surface area contributed by atoms with Crippen molar-refractivity contribution in [3.05, 3.63) is 77.9 Å². The van der Waals surface area contributed by atoms with Gasteiger partial charge in [0.25, 0.3) is 0 Å². The van der Waals surface area contributed by atoms with Crippen LogP contribution in [0.1, 0.15) is 17.0 Å². The molecule has 0 heterocycles. The molecule has 18 heavy (non-hydrogen) atoms. The molecular formula is C16H14O2. The lowest BCUT2D eigenvalue weighted by atomic mass is 9.98. The first-order chi connectivity index (χ1) is 8.77. The van der Waals surface area contributed by atoms with E-state index in [9.17, 15) is 9.90 Å². The highest BCUT2D eigenvalue weighted by Gasteiger charge is 2.15. The fourth-order valence-electron chi connectivity index (χ4n) is 1.77. The van der Waals surface area contributed by atoms with Gasteiger partial charge in [0.05, 0.1) is 0 Å². The summed E-state index contributed by atoms with van der Waals surface area (Å²) in [5.74, 6) is -1.44. The monoisotopic (exact) mass is 238 g/mol.